The number of pyridine rings is 1. The molecule has 26 heavy (non-hydrogen) atoms. The molecule has 2 heterocycles. The van der Waals surface area contributed by atoms with Crippen LogP contribution in [0.4, 0.5) is 11.4 Å². The number of piperazine rings is 1. The molecule has 1 aliphatic heterocycles. The average Bonchev–Trinajstić information content (AvgIpc) is 2.65. The molecule has 0 radical (unpaired) electrons. The summed E-state index contributed by atoms with van der Waals surface area (Å²) in [6.07, 6.45) is 3.24. The molecule has 1 aromatic heterocycles. The predicted molar refractivity (Wildman–Crippen MR) is 102 cm³/mol. The summed E-state index contributed by atoms with van der Waals surface area (Å²) in [4.78, 5) is 31.8. The molecule has 136 valence electrons. The zero-order valence-electron chi connectivity index (χ0n) is 14.8. The molecule has 0 atom stereocenters. The van der Waals surface area contributed by atoms with Crippen LogP contribution in [0.2, 0.25) is 5.02 Å². The Morgan fingerprint density at radius 1 is 1.12 bits per heavy atom. The maximum absolute atomic E-state index is 12.7. The van der Waals surface area contributed by atoms with Gasteiger partial charge in [-0.05, 0) is 30.7 Å². The van der Waals surface area contributed by atoms with Gasteiger partial charge in [0.05, 0.1) is 17.4 Å². The number of nitrogens with one attached hydrogen (secondary N) is 1. The van der Waals surface area contributed by atoms with Gasteiger partial charge in [0, 0.05) is 50.0 Å². The summed E-state index contributed by atoms with van der Waals surface area (Å²) in [6, 6.07) is 7.42. The minimum absolute atomic E-state index is 0.0434. The summed E-state index contributed by atoms with van der Waals surface area (Å²) in [5.41, 5.74) is 3.06. The Bertz CT molecular complexity index is 832. The zero-order valence-corrected chi connectivity index (χ0v) is 15.6. The highest BCUT2D eigenvalue weighted by Gasteiger charge is 2.23. The number of carbonyl (C=O) groups excluding carboxylic acids is 2. The molecular formula is C19H21ClN4O2. The van der Waals surface area contributed by atoms with Crippen LogP contribution in [0.3, 0.4) is 0 Å². The number of anilines is 2. The number of benzene rings is 1. The lowest BCUT2D eigenvalue weighted by atomic mass is 10.1. The second kappa shape index (κ2) is 7.74. The Labute approximate surface area is 157 Å². The van der Waals surface area contributed by atoms with Gasteiger partial charge >= 0.3 is 0 Å². The molecule has 0 aliphatic carbocycles. The van der Waals surface area contributed by atoms with E-state index >= 15 is 0 Å². The van der Waals surface area contributed by atoms with E-state index in [0.717, 1.165) is 16.9 Å². The van der Waals surface area contributed by atoms with E-state index in [4.69, 9.17) is 11.6 Å². The van der Waals surface area contributed by atoms with E-state index in [9.17, 15) is 9.59 Å². The second-order valence-corrected chi connectivity index (χ2v) is 6.71. The van der Waals surface area contributed by atoms with E-state index in [1.165, 1.54) is 0 Å². The molecule has 1 aromatic carbocycles. The lowest BCUT2D eigenvalue weighted by Crippen LogP contribution is -2.50. The van der Waals surface area contributed by atoms with E-state index in [1.807, 2.05) is 25.1 Å². The minimum Gasteiger partial charge on any atom is -0.354 e. The van der Waals surface area contributed by atoms with Gasteiger partial charge in [-0.25, -0.2) is 0 Å². The molecule has 6 nitrogen and oxygen atoms in total. The van der Waals surface area contributed by atoms with Crippen molar-refractivity contribution in [1.29, 1.82) is 0 Å². The first-order chi connectivity index (χ1) is 12.5. The van der Waals surface area contributed by atoms with Crippen LogP contribution in [0.15, 0.2) is 36.7 Å². The zero-order chi connectivity index (χ0) is 18.7. The molecule has 0 saturated carbocycles. The number of hydrogen-bond donors (Lipinski definition) is 1. The number of amides is 2. The summed E-state index contributed by atoms with van der Waals surface area (Å²) >= 11 is 6.15. The highest BCUT2D eigenvalue weighted by Crippen LogP contribution is 2.26. The maximum atomic E-state index is 12.7. The predicted octanol–water partition coefficient (Wildman–Crippen LogP) is 3.09. The van der Waals surface area contributed by atoms with Crippen molar-refractivity contribution in [2.24, 2.45) is 0 Å². The van der Waals surface area contributed by atoms with Crippen molar-refractivity contribution in [2.45, 2.75) is 13.8 Å². The van der Waals surface area contributed by atoms with Gasteiger partial charge in [0.25, 0.3) is 5.91 Å². The van der Waals surface area contributed by atoms with Crippen LogP contribution in [0.25, 0.3) is 0 Å². The van der Waals surface area contributed by atoms with E-state index in [-0.39, 0.29) is 11.8 Å². The molecule has 1 aliphatic rings. The van der Waals surface area contributed by atoms with Crippen LogP contribution in [0, 0.1) is 6.92 Å². The lowest BCUT2D eigenvalue weighted by Gasteiger charge is -2.34. The fourth-order valence-electron chi connectivity index (χ4n) is 2.93. The minimum atomic E-state index is -0.0767. The second-order valence-electron chi connectivity index (χ2n) is 6.30. The largest absolute Gasteiger partial charge is 0.354 e. The molecule has 2 amide bonds. The molecule has 0 unspecified atom stereocenters. The van der Waals surface area contributed by atoms with E-state index in [0.29, 0.717) is 36.8 Å². The monoisotopic (exact) mass is 372 g/mol. The van der Waals surface area contributed by atoms with Crippen LogP contribution < -0.4 is 5.32 Å². The van der Waals surface area contributed by atoms with E-state index in [1.54, 1.807) is 35.2 Å². The summed E-state index contributed by atoms with van der Waals surface area (Å²) in [5.74, 6) is -0.0333. The van der Waals surface area contributed by atoms with E-state index < -0.39 is 0 Å². The van der Waals surface area contributed by atoms with Crippen molar-refractivity contribution in [3.05, 3.63) is 52.8 Å². The third kappa shape index (κ3) is 3.96. The van der Waals surface area contributed by atoms with Crippen LogP contribution in [0.1, 0.15) is 22.8 Å². The number of halogens is 1. The van der Waals surface area contributed by atoms with Gasteiger partial charge in [0.15, 0.2) is 0 Å². The fraction of sp³-hybridized carbons (Fsp3) is 0.316. The third-order valence-corrected chi connectivity index (χ3v) is 4.95. The molecule has 1 saturated heterocycles. The van der Waals surface area contributed by atoms with Gasteiger partial charge in [-0.3, -0.25) is 14.6 Å². The molecule has 7 heteroatoms. The number of nitrogens with zero attached hydrogens (tertiary/aromatic N) is 3. The molecule has 2 aromatic rings. The first-order valence-corrected chi connectivity index (χ1v) is 8.85. The number of rotatable bonds is 3. The Kier molecular flexibility index (Phi) is 5.42. The molecule has 0 bridgehead atoms. The van der Waals surface area contributed by atoms with Crippen molar-refractivity contribution in [1.82, 2.24) is 14.8 Å². The van der Waals surface area contributed by atoms with Crippen LogP contribution in [-0.2, 0) is 4.79 Å². The van der Waals surface area contributed by atoms with Crippen molar-refractivity contribution >= 4 is 34.8 Å². The molecule has 1 fully saturated rings. The number of aromatic nitrogens is 1. The van der Waals surface area contributed by atoms with Crippen LogP contribution >= 0.6 is 11.6 Å². The molecule has 0 spiro atoms. The molecule has 3 rings (SSSR count). The smallest absolute Gasteiger partial charge is 0.255 e. The SMILES string of the molecule is CC(=O)N1CCN(C(=O)c2cncc(Nc3cccc(Cl)c3C)c2)CC1. The number of hydrogen-bond acceptors (Lipinski definition) is 4. The van der Waals surface area contributed by atoms with Gasteiger partial charge in [-0.1, -0.05) is 17.7 Å². The van der Waals surface area contributed by atoms with Crippen molar-refractivity contribution in [3.8, 4) is 0 Å². The highest BCUT2D eigenvalue weighted by atomic mass is 35.5. The summed E-state index contributed by atoms with van der Waals surface area (Å²) < 4.78 is 0. The highest BCUT2D eigenvalue weighted by molar-refractivity contribution is 6.31. The standard InChI is InChI=1S/C19H21ClN4O2/c1-13-17(20)4-3-5-18(13)22-16-10-15(11-21-12-16)19(26)24-8-6-23(7-9-24)14(2)25/h3-5,10-12,22H,6-9H2,1-2H3. The van der Waals surface area contributed by atoms with Crippen molar-refractivity contribution < 1.29 is 9.59 Å². The van der Waals surface area contributed by atoms with Crippen molar-refractivity contribution in [3.63, 3.8) is 0 Å². The quantitative estimate of drug-likeness (QED) is 0.899. The topological polar surface area (TPSA) is 65.5 Å². The molecular weight excluding hydrogens is 352 g/mol. The Morgan fingerprint density at radius 3 is 2.50 bits per heavy atom. The van der Waals surface area contributed by atoms with Gasteiger partial charge in [0.1, 0.15) is 0 Å². The first-order valence-electron chi connectivity index (χ1n) is 8.47. The summed E-state index contributed by atoms with van der Waals surface area (Å²) in [5, 5.41) is 3.94. The van der Waals surface area contributed by atoms with Gasteiger partial charge in [-0.15, -0.1) is 0 Å². The van der Waals surface area contributed by atoms with Gasteiger partial charge < -0.3 is 15.1 Å². The Hall–Kier alpha value is -2.60. The molecule has 1 N–H and O–H groups in total. The Balaban J connectivity index is 1.72. The van der Waals surface area contributed by atoms with E-state index in [2.05, 4.69) is 10.3 Å². The van der Waals surface area contributed by atoms with Crippen LogP contribution in [0.5, 0.6) is 0 Å². The number of carbonyl (C=O) groups is 2. The van der Waals surface area contributed by atoms with Crippen LogP contribution in [-0.4, -0.2) is 52.8 Å². The summed E-state index contributed by atoms with van der Waals surface area (Å²) in [6.45, 7) is 5.67. The average molecular weight is 373 g/mol. The normalized spacial score (nSPS) is 14.3. The fourth-order valence-corrected chi connectivity index (χ4v) is 3.11. The van der Waals surface area contributed by atoms with Gasteiger partial charge in [-0.2, -0.15) is 0 Å². The Morgan fingerprint density at radius 2 is 1.81 bits per heavy atom. The first kappa shape index (κ1) is 18.2. The van der Waals surface area contributed by atoms with Crippen molar-refractivity contribution in [2.75, 3.05) is 31.5 Å². The third-order valence-electron chi connectivity index (χ3n) is 4.54. The van der Waals surface area contributed by atoms with Gasteiger partial charge in [0.2, 0.25) is 5.91 Å². The maximum Gasteiger partial charge on any atom is 0.255 e. The summed E-state index contributed by atoms with van der Waals surface area (Å²) in [7, 11) is 0. The lowest BCUT2D eigenvalue weighted by molar-refractivity contribution is -0.130.